The average Bonchev–Trinajstić information content (AvgIpc) is 2.43. The van der Waals surface area contributed by atoms with Gasteiger partial charge in [-0.2, -0.15) is 13.2 Å². The van der Waals surface area contributed by atoms with Crippen LogP contribution in [0.1, 0.15) is 22.3 Å². The minimum atomic E-state index is -4.43. The van der Waals surface area contributed by atoms with Gasteiger partial charge in [0.05, 0.1) is 5.56 Å². The topological polar surface area (TPSA) is 59.1 Å². The van der Waals surface area contributed by atoms with E-state index in [1.807, 2.05) is 0 Å². The summed E-state index contributed by atoms with van der Waals surface area (Å²) in [6, 6.07) is 6.33. The van der Waals surface area contributed by atoms with Gasteiger partial charge in [0.1, 0.15) is 17.3 Å². The van der Waals surface area contributed by atoms with Gasteiger partial charge in [-0.15, -0.1) is 0 Å². The number of hydrogen-bond acceptors (Lipinski definition) is 2. The van der Waals surface area contributed by atoms with Crippen LogP contribution in [0.2, 0.25) is 0 Å². The van der Waals surface area contributed by atoms with E-state index in [1.54, 1.807) is 19.9 Å². The number of hydrogen-bond donors (Lipinski definition) is 2. The first kappa shape index (κ1) is 17.3. The van der Waals surface area contributed by atoms with Gasteiger partial charge < -0.3 is 10.5 Å². The quantitative estimate of drug-likeness (QED) is 0.565. The molecule has 0 radical (unpaired) electrons. The molecular weight excluding hydrogens is 373 g/mol. The smallest absolute Gasteiger partial charge is 0.416 e. The standard InChI is InChI=1S/C16H14BrF3N2O/c1-8-6-12(9(2)14(17)13(8)15(21)22)23-11-5-3-4-10(7-11)16(18,19)20/h3-7H,1-2H3,(H3,21,22). The number of amidine groups is 1. The van der Waals surface area contributed by atoms with E-state index in [4.69, 9.17) is 15.9 Å². The third kappa shape index (κ3) is 3.67. The molecule has 7 heteroatoms. The van der Waals surface area contributed by atoms with Crippen LogP contribution in [0.5, 0.6) is 11.5 Å². The SMILES string of the molecule is Cc1cc(Oc2cccc(C(F)(F)F)c2)c(C)c(Br)c1C(=N)N. The first-order valence-electron chi connectivity index (χ1n) is 6.60. The summed E-state index contributed by atoms with van der Waals surface area (Å²) < 4.78 is 44.5. The molecule has 0 aromatic heterocycles. The van der Waals surface area contributed by atoms with E-state index in [1.165, 1.54) is 12.1 Å². The maximum absolute atomic E-state index is 12.8. The Kier molecular flexibility index (Phi) is 4.70. The summed E-state index contributed by atoms with van der Waals surface area (Å²) in [5.74, 6) is 0.395. The zero-order valence-electron chi connectivity index (χ0n) is 12.4. The Hall–Kier alpha value is -2.02. The molecule has 0 aliphatic heterocycles. The molecule has 2 rings (SSSR count). The van der Waals surface area contributed by atoms with E-state index in [9.17, 15) is 13.2 Å². The molecule has 23 heavy (non-hydrogen) atoms. The molecule has 3 N–H and O–H groups in total. The molecule has 0 aliphatic carbocycles. The van der Waals surface area contributed by atoms with Gasteiger partial charge in [0.15, 0.2) is 0 Å². The van der Waals surface area contributed by atoms with Crippen molar-refractivity contribution in [2.45, 2.75) is 20.0 Å². The highest BCUT2D eigenvalue weighted by atomic mass is 79.9. The number of nitrogen functional groups attached to an aromatic ring is 1. The van der Waals surface area contributed by atoms with Crippen LogP contribution in [-0.2, 0) is 6.18 Å². The maximum atomic E-state index is 12.8. The number of nitrogens with two attached hydrogens (primary N) is 1. The molecule has 3 nitrogen and oxygen atoms in total. The van der Waals surface area contributed by atoms with Crippen LogP contribution in [0, 0.1) is 19.3 Å². The van der Waals surface area contributed by atoms with E-state index in [0.717, 1.165) is 12.1 Å². The first-order chi connectivity index (χ1) is 10.6. The molecular formula is C16H14BrF3N2O. The predicted molar refractivity (Wildman–Crippen MR) is 86.2 cm³/mol. The second kappa shape index (κ2) is 6.23. The lowest BCUT2D eigenvalue weighted by molar-refractivity contribution is -0.137. The Morgan fingerprint density at radius 1 is 1.22 bits per heavy atom. The van der Waals surface area contributed by atoms with Gasteiger partial charge in [-0.3, -0.25) is 5.41 Å². The van der Waals surface area contributed by atoms with E-state index in [2.05, 4.69) is 15.9 Å². The van der Waals surface area contributed by atoms with Crippen molar-refractivity contribution >= 4 is 21.8 Å². The summed E-state index contributed by atoms with van der Waals surface area (Å²) in [4.78, 5) is 0. The fourth-order valence-electron chi connectivity index (χ4n) is 2.15. The minimum Gasteiger partial charge on any atom is -0.457 e. The molecule has 0 aliphatic rings. The number of halogens is 4. The summed E-state index contributed by atoms with van der Waals surface area (Å²) in [7, 11) is 0. The Bertz CT molecular complexity index is 773. The van der Waals surface area contributed by atoms with Crippen molar-refractivity contribution in [2.75, 3.05) is 0 Å². The van der Waals surface area contributed by atoms with Gasteiger partial charge in [-0.25, -0.2) is 0 Å². The molecule has 0 fully saturated rings. The van der Waals surface area contributed by atoms with Crippen LogP contribution in [0.15, 0.2) is 34.8 Å². The normalized spacial score (nSPS) is 11.4. The summed E-state index contributed by atoms with van der Waals surface area (Å²) in [6.07, 6.45) is -4.43. The molecule has 0 spiro atoms. The molecule has 0 atom stereocenters. The van der Waals surface area contributed by atoms with Crippen molar-refractivity contribution in [1.82, 2.24) is 0 Å². The molecule has 122 valence electrons. The number of aryl methyl sites for hydroxylation is 1. The Morgan fingerprint density at radius 2 is 1.87 bits per heavy atom. The lowest BCUT2D eigenvalue weighted by Gasteiger charge is -2.16. The molecule has 0 unspecified atom stereocenters. The Labute approximate surface area is 139 Å². The minimum absolute atomic E-state index is 0.0878. The summed E-state index contributed by atoms with van der Waals surface area (Å²) in [6.45, 7) is 3.48. The second-order valence-corrected chi connectivity index (χ2v) is 5.84. The first-order valence-corrected chi connectivity index (χ1v) is 7.39. The highest BCUT2D eigenvalue weighted by Gasteiger charge is 2.30. The molecule has 2 aromatic carbocycles. The third-order valence-corrected chi connectivity index (χ3v) is 4.31. The van der Waals surface area contributed by atoms with Gasteiger partial charge >= 0.3 is 6.18 Å². The number of rotatable bonds is 3. The van der Waals surface area contributed by atoms with Crippen molar-refractivity contribution < 1.29 is 17.9 Å². The van der Waals surface area contributed by atoms with E-state index >= 15 is 0 Å². The maximum Gasteiger partial charge on any atom is 0.416 e. The van der Waals surface area contributed by atoms with Gasteiger partial charge in [0, 0.05) is 15.6 Å². The van der Waals surface area contributed by atoms with Crippen LogP contribution in [0.25, 0.3) is 0 Å². The van der Waals surface area contributed by atoms with Gasteiger partial charge in [0.2, 0.25) is 0 Å². The Balaban J connectivity index is 2.44. The lowest BCUT2D eigenvalue weighted by atomic mass is 10.0. The largest absolute Gasteiger partial charge is 0.457 e. The van der Waals surface area contributed by atoms with Crippen molar-refractivity contribution in [2.24, 2.45) is 5.73 Å². The highest BCUT2D eigenvalue weighted by molar-refractivity contribution is 9.10. The average molecular weight is 387 g/mol. The molecule has 0 saturated heterocycles. The zero-order chi connectivity index (χ0) is 17.4. The summed E-state index contributed by atoms with van der Waals surface area (Å²) >= 11 is 3.36. The van der Waals surface area contributed by atoms with Crippen molar-refractivity contribution in [3.63, 3.8) is 0 Å². The number of alkyl halides is 3. The molecule has 0 amide bonds. The third-order valence-electron chi connectivity index (χ3n) is 3.32. The van der Waals surface area contributed by atoms with E-state index in [0.29, 0.717) is 26.9 Å². The molecule has 0 heterocycles. The van der Waals surface area contributed by atoms with Crippen LogP contribution in [0.4, 0.5) is 13.2 Å². The van der Waals surface area contributed by atoms with Crippen LogP contribution < -0.4 is 10.5 Å². The van der Waals surface area contributed by atoms with Gasteiger partial charge in [-0.1, -0.05) is 6.07 Å². The number of benzene rings is 2. The summed E-state index contributed by atoms with van der Waals surface area (Å²) in [5, 5.41) is 7.58. The fraction of sp³-hybridized carbons (Fsp3) is 0.188. The summed E-state index contributed by atoms with van der Waals surface area (Å²) in [5.41, 5.74) is 6.65. The molecule has 0 bridgehead atoms. The van der Waals surface area contributed by atoms with E-state index in [-0.39, 0.29) is 11.6 Å². The highest BCUT2D eigenvalue weighted by Crippen LogP contribution is 2.36. The van der Waals surface area contributed by atoms with Crippen molar-refractivity contribution in [1.29, 1.82) is 5.41 Å². The van der Waals surface area contributed by atoms with Crippen LogP contribution >= 0.6 is 15.9 Å². The number of ether oxygens (including phenoxy) is 1. The lowest BCUT2D eigenvalue weighted by Crippen LogP contribution is -2.14. The van der Waals surface area contributed by atoms with E-state index < -0.39 is 11.7 Å². The molecule has 0 saturated carbocycles. The van der Waals surface area contributed by atoms with Gasteiger partial charge in [-0.05, 0) is 59.6 Å². The van der Waals surface area contributed by atoms with Crippen LogP contribution in [0.3, 0.4) is 0 Å². The second-order valence-electron chi connectivity index (χ2n) is 5.05. The zero-order valence-corrected chi connectivity index (χ0v) is 14.0. The Morgan fingerprint density at radius 3 is 2.43 bits per heavy atom. The molecule has 2 aromatic rings. The fourth-order valence-corrected chi connectivity index (χ4v) is 2.87. The predicted octanol–water partition coefficient (Wildman–Crippen LogP) is 5.16. The monoisotopic (exact) mass is 386 g/mol. The van der Waals surface area contributed by atoms with Gasteiger partial charge in [0.25, 0.3) is 0 Å². The van der Waals surface area contributed by atoms with Crippen molar-refractivity contribution in [3.8, 4) is 11.5 Å². The number of nitrogens with one attached hydrogen (secondary N) is 1. The van der Waals surface area contributed by atoms with Crippen molar-refractivity contribution in [3.05, 3.63) is 57.1 Å². The van der Waals surface area contributed by atoms with Crippen LogP contribution in [-0.4, -0.2) is 5.84 Å².